The predicted molar refractivity (Wildman–Crippen MR) is 72.5 cm³/mol. The molecule has 5 heteroatoms. The molecule has 0 heterocycles. The third-order valence-electron chi connectivity index (χ3n) is 2.72. The molecule has 0 aromatic heterocycles. The highest BCUT2D eigenvalue weighted by Crippen LogP contribution is 2.10. The topological polar surface area (TPSA) is 58.6 Å². The van der Waals surface area contributed by atoms with E-state index in [2.05, 4.69) is 10.1 Å². The Hall–Kier alpha value is -1.88. The Kier molecular flexibility index (Phi) is 6.02. The molecule has 0 aliphatic carbocycles. The molecule has 1 N–H and O–H groups in total. The van der Waals surface area contributed by atoms with Crippen LogP contribution in [0.15, 0.2) is 30.3 Å². The lowest BCUT2D eigenvalue weighted by molar-refractivity contribution is -0.141. The average molecular weight is 264 g/mol. The summed E-state index contributed by atoms with van der Waals surface area (Å²) in [6, 6.07) is 9.66. The lowest BCUT2D eigenvalue weighted by atomic mass is 10.1. The molecule has 0 bridgehead atoms. The van der Waals surface area contributed by atoms with E-state index in [1.54, 1.807) is 11.9 Å². The minimum Gasteiger partial charge on any atom is -0.468 e. The monoisotopic (exact) mass is 264 g/mol. The summed E-state index contributed by atoms with van der Waals surface area (Å²) in [7, 11) is 3.03. The van der Waals surface area contributed by atoms with E-state index in [0.717, 1.165) is 5.56 Å². The maximum atomic E-state index is 11.8. The lowest BCUT2D eigenvalue weighted by Gasteiger charge is -2.18. The van der Waals surface area contributed by atoms with Gasteiger partial charge in [-0.25, -0.2) is 0 Å². The van der Waals surface area contributed by atoms with Crippen LogP contribution in [0.4, 0.5) is 0 Å². The van der Waals surface area contributed by atoms with Crippen LogP contribution in [0.3, 0.4) is 0 Å². The molecule has 1 aromatic carbocycles. The number of hydrogen-bond acceptors (Lipinski definition) is 4. The number of likely N-dealkylation sites (N-methyl/N-ethyl adjacent to an activating group) is 1. The minimum absolute atomic E-state index is 0.0553. The van der Waals surface area contributed by atoms with E-state index < -0.39 is 0 Å². The van der Waals surface area contributed by atoms with Gasteiger partial charge in [-0.1, -0.05) is 30.3 Å². The second kappa shape index (κ2) is 7.53. The van der Waals surface area contributed by atoms with Crippen LogP contribution in [-0.2, 0) is 14.3 Å². The van der Waals surface area contributed by atoms with Gasteiger partial charge in [0, 0.05) is 0 Å². The van der Waals surface area contributed by atoms with E-state index in [0.29, 0.717) is 0 Å². The predicted octanol–water partition coefficient (Wildman–Crippen LogP) is 0.969. The molecule has 1 atom stereocenters. The number of methoxy groups -OCH3 is 1. The minimum atomic E-state index is -0.355. The number of hydrogen-bond donors (Lipinski definition) is 1. The number of rotatable bonds is 6. The summed E-state index contributed by atoms with van der Waals surface area (Å²) in [5, 5.41) is 2.89. The van der Waals surface area contributed by atoms with Gasteiger partial charge in [0.15, 0.2) is 0 Å². The zero-order valence-corrected chi connectivity index (χ0v) is 11.6. The molecule has 5 nitrogen and oxygen atoms in total. The molecular formula is C14H20N2O3. The summed E-state index contributed by atoms with van der Waals surface area (Å²) in [4.78, 5) is 24.5. The van der Waals surface area contributed by atoms with E-state index in [1.807, 2.05) is 37.3 Å². The number of amides is 1. The van der Waals surface area contributed by atoms with Crippen molar-refractivity contribution >= 4 is 11.9 Å². The van der Waals surface area contributed by atoms with Gasteiger partial charge < -0.3 is 10.1 Å². The summed E-state index contributed by atoms with van der Waals surface area (Å²) >= 11 is 0. The molecule has 0 spiro atoms. The summed E-state index contributed by atoms with van der Waals surface area (Å²) < 4.78 is 4.54. The van der Waals surface area contributed by atoms with Crippen molar-refractivity contribution in [1.29, 1.82) is 0 Å². The quantitative estimate of drug-likeness (QED) is 0.778. The van der Waals surface area contributed by atoms with Gasteiger partial charge in [-0.3, -0.25) is 14.5 Å². The van der Waals surface area contributed by atoms with Crippen molar-refractivity contribution in [2.24, 2.45) is 0 Å². The Bertz CT molecular complexity index is 420. The number of ether oxygens (including phenoxy) is 1. The first-order valence-electron chi connectivity index (χ1n) is 6.12. The average Bonchev–Trinajstić information content (AvgIpc) is 2.39. The fraction of sp³-hybridized carbons (Fsp3) is 0.429. The van der Waals surface area contributed by atoms with E-state index in [-0.39, 0.29) is 31.0 Å². The Balaban J connectivity index is 2.41. The summed E-state index contributed by atoms with van der Waals surface area (Å²) in [5.41, 5.74) is 1.05. The van der Waals surface area contributed by atoms with Crippen molar-refractivity contribution in [2.45, 2.75) is 13.0 Å². The van der Waals surface area contributed by atoms with Crippen LogP contribution in [0.2, 0.25) is 0 Å². The van der Waals surface area contributed by atoms with Crippen LogP contribution in [0.25, 0.3) is 0 Å². The van der Waals surface area contributed by atoms with Crippen LogP contribution < -0.4 is 5.32 Å². The summed E-state index contributed by atoms with van der Waals surface area (Å²) in [6.45, 7) is 2.18. The smallest absolute Gasteiger partial charge is 0.319 e. The maximum absolute atomic E-state index is 11.8. The van der Waals surface area contributed by atoms with Crippen molar-refractivity contribution in [1.82, 2.24) is 10.2 Å². The standard InChI is InChI=1S/C14H20N2O3/c1-11(12-7-5-4-6-8-12)15-13(17)9-16(2)10-14(18)19-3/h4-8,11H,9-10H2,1-3H3,(H,15,17). The van der Waals surface area contributed by atoms with Crippen LogP contribution in [0.1, 0.15) is 18.5 Å². The highest BCUT2D eigenvalue weighted by Gasteiger charge is 2.13. The van der Waals surface area contributed by atoms with E-state index in [9.17, 15) is 9.59 Å². The van der Waals surface area contributed by atoms with Gasteiger partial charge in [-0.2, -0.15) is 0 Å². The maximum Gasteiger partial charge on any atom is 0.319 e. The van der Waals surface area contributed by atoms with Gasteiger partial charge in [0.2, 0.25) is 5.91 Å². The highest BCUT2D eigenvalue weighted by atomic mass is 16.5. The van der Waals surface area contributed by atoms with Crippen LogP contribution in [0.5, 0.6) is 0 Å². The van der Waals surface area contributed by atoms with Crippen molar-refractivity contribution in [3.63, 3.8) is 0 Å². The van der Waals surface area contributed by atoms with Gasteiger partial charge in [-0.05, 0) is 19.5 Å². The van der Waals surface area contributed by atoms with Crippen LogP contribution >= 0.6 is 0 Å². The van der Waals surface area contributed by atoms with E-state index in [1.165, 1.54) is 7.11 Å². The highest BCUT2D eigenvalue weighted by molar-refractivity contribution is 5.79. The number of nitrogens with zero attached hydrogens (tertiary/aromatic N) is 1. The Morgan fingerprint density at radius 2 is 1.89 bits per heavy atom. The number of carbonyl (C=O) groups is 2. The van der Waals surface area contributed by atoms with Gasteiger partial charge in [0.05, 0.1) is 26.2 Å². The molecule has 1 unspecified atom stereocenters. The van der Waals surface area contributed by atoms with Crippen molar-refractivity contribution < 1.29 is 14.3 Å². The Labute approximate surface area is 113 Å². The van der Waals surface area contributed by atoms with Crippen LogP contribution in [-0.4, -0.2) is 44.0 Å². The van der Waals surface area contributed by atoms with Gasteiger partial charge in [-0.15, -0.1) is 0 Å². The third-order valence-corrected chi connectivity index (χ3v) is 2.72. The molecular weight excluding hydrogens is 244 g/mol. The number of esters is 1. The second-order valence-electron chi connectivity index (χ2n) is 4.45. The van der Waals surface area contributed by atoms with Gasteiger partial charge in [0.25, 0.3) is 0 Å². The fourth-order valence-electron chi connectivity index (χ4n) is 1.70. The SMILES string of the molecule is COC(=O)CN(C)CC(=O)NC(C)c1ccccc1. The Morgan fingerprint density at radius 1 is 1.26 bits per heavy atom. The summed E-state index contributed by atoms with van der Waals surface area (Å²) in [5.74, 6) is -0.478. The first kappa shape index (κ1) is 15.2. The first-order chi connectivity index (χ1) is 9.02. The largest absolute Gasteiger partial charge is 0.468 e. The molecule has 1 rings (SSSR count). The molecule has 19 heavy (non-hydrogen) atoms. The van der Waals surface area contributed by atoms with Gasteiger partial charge >= 0.3 is 5.97 Å². The van der Waals surface area contributed by atoms with Crippen molar-refractivity contribution in [2.75, 3.05) is 27.2 Å². The van der Waals surface area contributed by atoms with Crippen LogP contribution in [0, 0.1) is 0 Å². The van der Waals surface area contributed by atoms with Crippen molar-refractivity contribution in [3.05, 3.63) is 35.9 Å². The Morgan fingerprint density at radius 3 is 2.47 bits per heavy atom. The van der Waals surface area contributed by atoms with Crippen molar-refractivity contribution in [3.8, 4) is 0 Å². The van der Waals surface area contributed by atoms with Gasteiger partial charge in [0.1, 0.15) is 0 Å². The second-order valence-corrected chi connectivity index (χ2v) is 4.45. The molecule has 0 radical (unpaired) electrons. The van der Waals surface area contributed by atoms with E-state index in [4.69, 9.17) is 0 Å². The molecule has 104 valence electrons. The molecule has 1 amide bonds. The number of nitrogens with one attached hydrogen (secondary N) is 1. The molecule has 0 fully saturated rings. The molecule has 0 aliphatic heterocycles. The molecule has 0 saturated carbocycles. The lowest BCUT2D eigenvalue weighted by Crippen LogP contribution is -2.38. The molecule has 1 aromatic rings. The normalized spacial score (nSPS) is 12.0. The summed E-state index contributed by atoms with van der Waals surface area (Å²) in [6.07, 6.45) is 0. The number of benzene rings is 1. The molecule has 0 saturated heterocycles. The van der Waals surface area contributed by atoms with E-state index >= 15 is 0 Å². The third kappa shape index (κ3) is 5.52. The fourth-order valence-corrected chi connectivity index (χ4v) is 1.70. The molecule has 0 aliphatic rings. The number of carbonyl (C=O) groups excluding carboxylic acids is 2. The zero-order chi connectivity index (χ0) is 14.3. The zero-order valence-electron chi connectivity index (χ0n) is 11.6. The first-order valence-corrected chi connectivity index (χ1v) is 6.12.